The summed E-state index contributed by atoms with van der Waals surface area (Å²) in [7, 11) is 1.67. The number of pyridine rings is 1. The Bertz CT molecular complexity index is 1040. The van der Waals surface area contributed by atoms with Gasteiger partial charge in [0.25, 0.3) is 0 Å². The molecule has 27 heavy (non-hydrogen) atoms. The van der Waals surface area contributed by atoms with Gasteiger partial charge >= 0.3 is 0 Å². The van der Waals surface area contributed by atoms with Gasteiger partial charge in [-0.15, -0.1) is 11.8 Å². The van der Waals surface area contributed by atoms with Crippen LogP contribution >= 0.6 is 11.8 Å². The molecule has 0 saturated heterocycles. The highest BCUT2D eigenvalue weighted by atomic mass is 32.2. The number of nitrogens with one attached hydrogen (secondary N) is 1. The lowest BCUT2D eigenvalue weighted by Gasteiger charge is -2.05. The van der Waals surface area contributed by atoms with Crippen molar-refractivity contribution in [3.8, 4) is 39.7 Å². The summed E-state index contributed by atoms with van der Waals surface area (Å²) in [4.78, 5) is 13.8. The quantitative estimate of drug-likeness (QED) is 0.467. The molecule has 4 aromatic rings. The van der Waals surface area contributed by atoms with Crippen LogP contribution in [0, 0.1) is 0 Å². The Hall–Kier alpha value is -3.05. The SMILES string of the molecule is COc1cccc(-c2nc(-c3ccc(SC)cc3)[nH]c2-c2ccncc2)c1. The molecule has 2 heterocycles. The first kappa shape index (κ1) is 17.4. The first-order valence-corrected chi connectivity index (χ1v) is 9.80. The summed E-state index contributed by atoms with van der Waals surface area (Å²) >= 11 is 1.73. The zero-order chi connectivity index (χ0) is 18.6. The zero-order valence-electron chi connectivity index (χ0n) is 15.1. The molecule has 0 saturated carbocycles. The summed E-state index contributed by atoms with van der Waals surface area (Å²) in [6, 6.07) is 20.3. The van der Waals surface area contributed by atoms with Crippen molar-refractivity contribution in [2.45, 2.75) is 4.90 Å². The average molecular weight is 373 g/mol. The molecule has 0 unspecified atom stereocenters. The van der Waals surface area contributed by atoms with E-state index in [1.165, 1.54) is 4.90 Å². The van der Waals surface area contributed by atoms with E-state index < -0.39 is 0 Å². The Morgan fingerprint density at radius 2 is 1.67 bits per heavy atom. The number of thioether (sulfide) groups is 1. The van der Waals surface area contributed by atoms with E-state index >= 15 is 0 Å². The lowest BCUT2D eigenvalue weighted by Crippen LogP contribution is -1.86. The molecular formula is C22H19N3OS. The fraction of sp³-hybridized carbons (Fsp3) is 0.0909. The third kappa shape index (κ3) is 3.59. The normalized spacial score (nSPS) is 10.7. The second-order valence-electron chi connectivity index (χ2n) is 6.01. The topological polar surface area (TPSA) is 50.8 Å². The number of hydrogen-bond donors (Lipinski definition) is 1. The first-order valence-electron chi connectivity index (χ1n) is 8.58. The van der Waals surface area contributed by atoms with Crippen LogP contribution in [0.2, 0.25) is 0 Å². The van der Waals surface area contributed by atoms with Gasteiger partial charge in [0.15, 0.2) is 0 Å². The molecule has 0 bridgehead atoms. The number of aromatic amines is 1. The standard InChI is InChI=1S/C22H19N3OS/c1-26-18-5-3-4-17(14-18)21-20(15-10-12-23-13-11-15)24-22(25-21)16-6-8-19(27-2)9-7-16/h3-14H,1-2H3,(H,24,25). The van der Waals surface area contributed by atoms with E-state index in [9.17, 15) is 0 Å². The number of hydrogen-bond acceptors (Lipinski definition) is 4. The maximum Gasteiger partial charge on any atom is 0.138 e. The minimum Gasteiger partial charge on any atom is -0.497 e. The van der Waals surface area contributed by atoms with E-state index in [1.807, 2.05) is 36.4 Å². The highest BCUT2D eigenvalue weighted by molar-refractivity contribution is 7.98. The highest BCUT2D eigenvalue weighted by Crippen LogP contribution is 2.34. The molecule has 0 fully saturated rings. The van der Waals surface area contributed by atoms with Crippen LogP contribution in [0.1, 0.15) is 0 Å². The van der Waals surface area contributed by atoms with Gasteiger partial charge < -0.3 is 9.72 Å². The van der Waals surface area contributed by atoms with Gasteiger partial charge in [-0.1, -0.05) is 24.3 Å². The van der Waals surface area contributed by atoms with Crippen LogP contribution in [-0.2, 0) is 0 Å². The van der Waals surface area contributed by atoms with Crippen molar-refractivity contribution in [2.24, 2.45) is 0 Å². The number of H-pyrrole nitrogens is 1. The van der Waals surface area contributed by atoms with Crippen LogP contribution in [0.5, 0.6) is 5.75 Å². The first-order chi connectivity index (χ1) is 13.3. The van der Waals surface area contributed by atoms with Gasteiger partial charge in [0.1, 0.15) is 11.6 Å². The minimum atomic E-state index is 0.807. The van der Waals surface area contributed by atoms with E-state index in [0.717, 1.165) is 39.7 Å². The molecule has 0 aliphatic rings. The lowest BCUT2D eigenvalue weighted by atomic mass is 10.1. The van der Waals surface area contributed by atoms with Crippen LogP contribution < -0.4 is 4.74 Å². The number of methoxy groups -OCH3 is 1. The second-order valence-corrected chi connectivity index (χ2v) is 6.89. The molecule has 2 aromatic heterocycles. The maximum absolute atomic E-state index is 5.39. The van der Waals surface area contributed by atoms with E-state index in [-0.39, 0.29) is 0 Å². The van der Waals surface area contributed by atoms with Gasteiger partial charge in [-0.3, -0.25) is 4.98 Å². The van der Waals surface area contributed by atoms with Crippen molar-refractivity contribution in [1.82, 2.24) is 15.0 Å². The van der Waals surface area contributed by atoms with E-state index in [2.05, 4.69) is 40.5 Å². The lowest BCUT2D eigenvalue weighted by molar-refractivity contribution is 0.415. The maximum atomic E-state index is 5.39. The zero-order valence-corrected chi connectivity index (χ0v) is 16.0. The van der Waals surface area contributed by atoms with Crippen molar-refractivity contribution in [1.29, 1.82) is 0 Å². The van der Waals surface area contributed by atoms with Gasteiger partial charge in [-0.05, 0) is 42.7 Å². The third-order valence-corrected chi connectivity index (χ3v) is 5.12. The average Bonchev–Trinajstić information content (AvgIpc) is 3.20. The Kier molecular flexibility index (Phi) is 4.94. The predicted octanol–water partition coefficient (Wildman–Crippen LogP) is 5.54. The van der Waals surface area contributed by atoms with Gasteiger partial charge in [-0.2, -0.15) is 0 Å². The summed E-state index contributed by atoms with van der Waals surface area (Å²) in [5.41, 5.74) is 4.96. The Balaban J connectivity index is 1.86. The molecule has 134 valence electrons. The van der Waals surface area contributed by atoms with Crippen LogP contribution in [0.3, 0.4) is 0 Å². The molecule has 4 nitrogen and oxygen atoms in total. The monoisotopic (exact) mass is 373 g/mol. The number of nitrogens with zero attached hydrogens (tertiary/aromatic N) is 2. The molecule has 0 radical (unpaired) electrons. The van der Waals surface area contributed by atoms with Gasteiger partial charge in [0.2, 0.25) is 0 Å². The Morgan fingerprint density at radius 1 is 0.889 bits per heavy atom. The summed E-state index contributed by atoms with van der Waals surface area (Å²) in [6.07, 6.45) is 5.65. The molecule has 4 rings (SSSR count). The van der Waals surface area contributed by atoms with Crippen LogP contribution in [0.25, 0.3) is 33.9 Å². The van der Waals surface area contributed by atoms with Crippen molar-refractivity contribution >= 4 is 11.8 Å². The molecule has 1 N–H and O–H groups in total. The van der Waals surface area contributed by atoms with Gasteiger partial charge in [-0.25, -0.2) is 4.98 Å². The number of ether oxygens (including phenoxy) is 1. The van der Waals surface area contributed by atoms with Crippen molar-refractivity contribution in [2.75, 3.05) is 13.4 Å². The number of imidazole rings is 1. The Labute approximate surface area is 162 Å². The molecule has 5 heteroatoms. The van der Waals surface area contributed by atoms with Gasteiger partial charge in [0.05, 0.1) is 18.5 Å². The molecule has 0 amide bonds. The molecule has 2 aromatic carbocycles. The summed E-state index contributed by atoms with van der Waals surface area (Å²) < 4.78 is 5.39. The van der Waals surface area contributed by atoms with Crippen molar-refractivity contribution in [3.05, 3.63) is 73.1 Å². The third-order valence-electron chi connectivity index (χ3n) is 4.38. The number of aromatic nitrogens is 3. The molecule has 0 aliphatic heterocycles. The van der Waals surface area contributed by atoms with E-state index in [0.29, 0.717) is 0 Å². The summed E-state index contributed by atoms with van der Waals surface area (Å²) in [5, 5.41) is 0. The largest absolute Gasteiger partial charge is 0.497 e. The minimum absolute atomic E-state index is 0.807. The van der Waals surface area contributed by atoms with E-state index in [4.69, 9.17) is 9.72 Å². The Morgan fingerprint density at radius 3 is 2.37 bits per heavy atom. The molecular weight excluding hydrogens is 354 g/mol. The van der Waals surface area contributed by atoms with Crippen molar-refractivity contribution < 1.29 is 4.74 Å². The van der Waals surface area contributed by atoms with Crippen LogP contribution in [-0.4, -0.2) is 28.3 Å². The molecule has 0 aliphatic carbocycles. The smallest absolute Gasteiger partial charge is 0.138 e. The second kappa shape index (κ2) is 7.68. The number of benzene rings is 2. The molecule has 0 spiro atoms. The molecule has 0 atom stereocenters. The summed E-state index contributed by atoms with van der Waals surface area (Å²) in [5.74, 6) is 1.65. The van der Waals surface area contributed by atoms with Crippen LogP contribution in [0.15, 0.2) is 78.0 Å². The van der Waals surface area contributed by atoms with Crippen molar-refractivity contribution in [3.63, 3.8) is 0 Å². The fourth-order valence-corrected chi connectivity index (χ4v) is 3.37. The predicted molar refractivity (Wildman–Crippen MR) is 111 cm³/mol. The fourth-order valence-electron chi connectivity index (χ4n) is 2.97. The summed E-state index contributed by atoms with van der Waals surface area (Å²) in [6.45, 7) is 0. The van der Waals surface area contributed by atoms with E-state index in [1.54, 1.807) is 31.3 Å². The van der Waals surface area contributed by atoms with Crippen LogP contribution in [0.4, 0.5) is 0 Å². The van der Waals surface area contributed by atoms with Gasteiger partial charge in [0, 0.05) is 34.0 Å². The number of rotatable bonds is 5. The highest BCUT2D eigenvalue weighted by Gasteiger charge is 2.15.